The molecule has 0 spiro atoms. The van der Waals surface area contributed by atoms with E-state index >= 15 is 0 Å². The maximum absolute atomic E-state index is 12.8. The van der Waals surface area contributed by atoms with Crippen LogP contribution in [0.4, 0.5) is 0 Å². The van der Waals surface area contributed by atoms with Crippen LogP contribution in [0.25, 0.3) is 0 Å². The second-order valence-electron chi connectivity index (χ2n) is 20.4. The zero-order valence-electron chi connectivity index (χ0n) is 43.8. The molecule has 0 amide bonds. The lowest BCUT2D eigenvalue weighted by molar-refractivity contribution is -0.167. The molecule has 380 valence electrons. The summed E-state index contributed by atoms with van der Waals surface area (Å²) in [4.78, 5) is 38.1. The van der Waals surface area contributed by atoms with Gasteiger partial charge in [-0.25, -0.2) is 0 Å². The van der Waals surface area contributed by atoms with Gasteiger partial charge in [0.25, 0.3) is 0 Å². The fourth-order valence-electron chi connectivity index (χ4n) is 8.92. The second-order valence-corrected chi connectivity index (χ2v) is 20.4. The second kappa shape index (κ2) is 52.4. The molecule has 0 unspecified atom stereocenters. The number of esters is 3. The Morgan fingerprint density at radius 1 is 0.297 bits per heavy atom. The van der Waals surface area contributed by atoms with Crippen LogP contribution in [-0.2, 0) is 28.6 Å². The molecule has 0 aliphatic heterocycles. The van der Waals surface area contributed by atoms with Crippen LogP contribution in [0.1, 0.15) is 329 Å². The smallest absolute Gasteiger partial charge is 0.306 e. The topological polar surface area (TPSA) is 78.9 Å². The predicted molar refractivity (Wildman–Crippen MR) is 275 cm³/mol. The van der Waals surface area contributed by atoms with Crippen molar-refractivity contribution in [2.24, 2.45) is 5.92 Å². The first-order valence-corrected chi connectivity index (χ1v) is 28.9. The lowest BCUT2D eigenvalue weighted by Gasteiger charge is -2.18. The number of carbonyl (C=O) groups excluding carboxylic acids is 3. The molecule has 64 heavy (non-hydrogen) atoms. The van der Waals surface area contributed by atoms with Gasteiger partial charge >= 0.3 is 17.9 Å². The maximum Gasteiger partial charge on any atom is 0.306 e. The normalized spacial score (nSPS) is 12.0. The van der Waals surface area contributed by atoms with Crippen molar-refractivity contribution in [1.29, 1.82) is 0 Å². The molecule has 0 rings (SSSR count). The van der Waals surface area contributed by atoms with Crippen LogP contribution in [0.15, 0.2) is 0 Å². The monoisotopic (exact) mass is 905 g/mol. The molecule has 0 aromatic carbocycles. The molecule has 0 saturated carbocycles. The Balaban J connectivity index is 4.28. The summed E-state index contributed by atoms with van der Waals surface area (Å²) in [5, 5.41) is 0. The Hall–Kier alpha value is -1.59. The molecule has 0 radical (unpaired) electrons. The fraction of sp³-hybridized carbons (Fsp3) is 0.948. The van der Waals surface area contributed by atoms with Gasteiger partial charge in [0.05, 0.1) is 0 Å². The highest BCUT2D eigenvalue weighted by Gasteiger charge is 2.19. The van der Waals surface area contributed by atoms with Crippen molar-refractivity contribution in [2.75, 3.05) is 13.2 Å². The van der Waals surface area contributed by atoms with Gasteiger partial charge in [0.2, 0.25) is 0 Å². The fourth-order valence-corrected chi connectivity index (χ4v) is 8.92. The van der Waals surface area contributed by atoms with Crippen LogP contribution in [-0.4, -0.2) is 37.2 Å². The summed E-state index contributed by atoms with van der Waals surface area (Å²) in [5.41, 5.74) is 0. The highest BCUT2D eigenvalue weighted by atomic mass is 16.6. The van der Waals surface area contributed by atoms with Gasteiger partial charge in [-0.1, -0.05) is 291 Å². The van der Waals surface area contributed by atoms with Crippen molar-refractivity contribution >= 4 is 17.9 Å². The molecule has 0 fully saturated rings. The largest absolute Gasteiger partial charge is 0.462 e. The van der Waals surface area contributed by atoms with Crippen molar-refractivity contribution in [2.45, 2.75) is 336 Å². The first kappa shape index (κ1) is 62.4. The van der Waals surface area contributed by atoms with E-state index in [-0.39, 0.29) is 31.1 Å². The molecule has 0 aliphatic carbocycles. The molecule has 0 bridgehead atoms. The molecule has 0 saturated heterocycles. The molecular weight excluding hydrogens is 793 g/mol. The highest BCUT2D eigenvalue weighted by molar-refractivity contribution is 5.71. The van der Waals surface area contributed by atoms with Crippen LogP contribution in [0.2, 0.25) is 0 Å². The van der Waals surface area contributed by atoms with Crippen molar-refractivity contribution in [3.05, 3.63) is 0 Å². The molecule has 0 N–H and O–H groups in total. The van der Waals surface area contributed by atoms with E-state index in [0.717, 1.165) is 63.7 Å². The van der Waals surface area contributed by atoms with E-state index in [4.69, 9.17) is 14.2 Å². The Labute approximate surface area is 399 Å². The van der Waals surface area contributed by atoms with Crippen LogP contribution in [0.5, 0.6) is 0 Å². The van der Waals surface area contributed by atoms with Crippen LogP contribution in [0.3, 0.4) is 0 Å². The highest BCUT2D eigenvalue weighted by Crippen LogP contribution is 2.18. The first-order chi connectivity index (χ1) is 31.4. The van der Waals surface area contributed by atoms with E-state index in [0.29, 0.717) is 19.3 Å². The minimum absolute atomic E-state index is 0.0619. The van der Waals surface area contributed by atoms with Crippen molar-refractivity contribution in [3.63, 3.8) is 0 Å². The average Bonchev–Trinajstić information content (AvgIpc) is 3.28. The van der Waals surface area contributed by atoms with E-state index in [1.54, 1.807) is 0 Å². The van der Waals surface area contributed by atoms with E-state index in [1.165, 1.54) is 225 Å². The Bertz CT molecular complexity index is 964. The zero-order valence-corrected chi connectivity index (χ0v) is 43.8. The molecule has 1 atom stereocenters. The van der Waals surface area contributed by atoms with Crippen LogP contribution >= 0.6 is 0 Å². The number of carbonyl (C=O) groups is 3. The Morgan fingerprint density at radius 3 is 0.766 bits per heavy atom. The van der Waals surface area contributed by atoms with Crippen molar-refractivity contribution in [1.82, 2.24) is 0 Å². The summed E-state index contributed by atoms with van der Waals surface area (Å²) >= 11 is 0. The van der Waals surface area contributed by atoms with Gasteiger partial charge in [0.15, 0.2) is 6.10 Å². The molecule has 6 heteroatoms. The molecule has 6 nitrogen and oxygen atoms in total. The zero-order chi connectivity index (χ0) is 46.7. The van der Waals surface area contributed by atoms with E-state index in [9.17, 15) is 14.4 Å². The van der Waals surface area contributed by atoms with Crippen molar-refractivity contribution in [3.8, 4) is 0 Å². The molecule has 0 aromatic rings. The van der Waals surface area contributed by atoms with Crippen LogP contribution in [0, 0.1) is 5.92 Å². The third-order valence-corrected chi connectivity index (χ3v) is 13.3. The summed E-state index contributed by atoms with van der Waals surface area (Å²) in [5.74, 6) is 0.00934. The quantitative estimate of drug-likeness (QED) is 0.0344. The number of ether oxygens (including phenoxy) is 3. The van der Waals surface area contributed by atoms with Crippen molar-refractivity contribution < 1.29 is 28.6 Å². The van der Waals surface area contributed by atoms with Gasteiger partial charge in [0, 0.05) is 19.3 Å². The lowest BCUT2D eigenvalue weighted by atomic mass is 10.0. The number of unbranched alkanes of at least 4 members (excludes halogenated alkanes) is 40. The van der Waals surface area contributed by atoms with Gasteiger partial charge in [0.1, 0.15) is 13.2 Å². The van der Waals surface area contributed by atoms with Gasteiger partial charge < -0.3 is 14.2 Å². The maximum atomic E-state index is 12.8. The molecule has 0 heterocycles. The summed E-state index contributed by atoms with van der Waals surface area (Å²) in [6, 6.07) is 0. The third kappa shape index (κ3) is 51.4. The number of hydrogen-bond donors (Lipinski definition) is 0. The summed E-state index contributed by atoms with van der Waals surface area (Å²) in [6.45, 7) is 9.06. The predicted octanol–water partition coefficient (Wildman–Crippen LogP) is 19.0. The van der Waals surface area contributed by atoms with Gasteiger partial charge in [-0.3, -0.25) is 14.4 Å². The Morgan fingerprint density at radius 2 is 0.516 bits per heavy atom. The third-order valence-electron chi connectivity index (χ3n) is 13.3. The molecular formula is C58H112O6. The molecule has 0 aliphatic rings. The average molecular weight is 906 g/mol. The number of rotatable bonds is 53. The Kier molecular flexibility index (Phi) is 51.1. The SMILES string of the molecule is CCCCCCCCCCCCCCCCCCCC(=O)O[C@H](COC(=O)CCCCCCCCCCCCCC)COC(=O)CCCCCCCCCCCCCCCCC(C)C. The first-order valence-electron chi connectivity index (χ1n) is 28.9. The van der Waals surface area contributed by atoms with E-state index in [2.05, 4.69) is 27.7 Å². The summed E-state index contributed by atoms with van der Waals surface area (Å²) < 4.78 is 16.9. The standard InChI is InChI=1S/C58H112O6/c1-5-7-9-11-13-15-17-19-20-21-22-27-31-35-39-43-47-51-58(61)64-55(52-62-56(59)49-45-41-37-33-29-18-16-14-12-10-8-6-2)53-63-57(60)50-46-42-38-34-30-26-24-23-25-28-32-36-40-44-48-54(3)4/h54-55H,5-53H2,1-4H3/t55-/m1/s1. The lowest BCUT2D eigenvalue weighted by Crippen LogP contribution is -2.30. The summed E-state index contributed by atoms with van der Waals surface area (Å²) in [6.07, 6.45) is 56.6. The summed E-state index contributed by atoms with van der Waals surface area (Å²) in [7, 11) is 0. The number of hydrogen-bond acceptors (Lipinski definition) is 6. The minimum atomic E-state index is -0.761. The van der Waals surface area contributed by atoms with Gasteiger partial charge in [-0.2, -0.15) is 0 Å². The van der Waals surface area contributed by atoms with Crippen LogP contribution < -0.4 is 0 Å². The minimum Gasteiger partial charge on any atom is -0.462 e. The van der Waals surface area contributed by atoms with E-state index < -0.39 is 6.10 Å². The van der Waals surface area contributed by atoms with Gasteiger partial charge in [-0.15, -0.1) is 0 Å². The van der Waals surface area contributed by atoms with E-state index in [1.807, 2.05) is 0 Å². The molecule has 0 aromatic heterocycles. The van der Waals surface area contributed by atoms with Gasteiger partial charge in [-0.05, 0) is 25.2 Å².